The second kappa shape index (κ2) is 8.10. The summed E-state index contributed by atoms with van der Waals surface area (Å²) in [6, 6.07) is 0. The quantitative estimate of drug-likeness (QED) is 0.506. The van der Waals surface area contributed by atoms with E-state index in [0.29, 0.717) is 11.5 Å². The fourth-order valence-corrected chi connectivity index (χ4v) is 1.99. The minimum absolute atomic E-state index is 0.325. The maximum absolute atomic E-state index is 5.95. The minimum atomic E-state index is 0.325. The highest BCUT2D eigenvalue weighted by Gasteiger charge is 2.39. The molecule has 2 heteroatoms. The Bertz CT molecular complexity index is 187. The van der Waals surface area contributed by atoms with Gasteiger partial charge >= 0.3 is 0 Å². The van der Waals surface area contributed by atoms with Gasteiger partial charge in [0.05, 0.1) is 12.7 Å². The van der Waals surface area contributed by atoms with Crippen LogP contribution in [0.4, 0.5) is 0 Å². The van der Waals surface area contributed by atoms with Crippen molar-refractivity contribution in [3.05, 3.63) is 0 Å². The van der Waals surface area contributed by atoms with Crippen LogP contribution in [0.1, 0.15) is 65.7 Å². The smallest absolute Gasteiger partial charge is 0.0813 e. The van der Waals surface area contributed by atoms with Gasteiger partial charge in [0, 0.05) is 13.2 Å². The Morgan fingerprint density at radius 2 is 1.71 bits per heavy atom. The molecular formula is C15H30O2. The fraction of sp³-hybridized carbons (Fsp3) is 1.00. The van der Waals surface area contributed by atoms with Crippen LogP contribution < -0.4 is 0 Å². The molecule has 0 aromatic carbocycles. The first-order chi connectivity index (χ1) is 8.20. The summed E-state index contributed by atoms with van der Waals surface area (Å²) >= 11 is 0. The first kappa shape index (κ1) is 15.0. The molecule has 1 aliphatic carbocycles. The van der Waals surface area contributed by atoms with Crippen LogP contribution in [0.3, 0.4) is 0 Å². The van der Waals surface area contributed by atoms with E-state index < -0.39 is 0 Å². The van der Waals surface area contributed by atoms with Gasteiger partial charge in [0.2, 0.25) is 0 Å². The second-order valence-corrected chi connectivity index (χ2v) is 5.79. The third-order valence-electron chi connectivity index (χ3n) is 3.62. The van der Waals surface area contributed by atoms with Crippen LogP contribution in [0, 0.1) is 5.41 Å². The van der Waals surface area contributed by atoms with E-state index in [1.807, 2.05) is 0 Å². The molecule has 1 fully saturated rings. The van der Waals surface area contributed by atoms with Gasteiger partial charge in [-0.25, -0.2) is 0 Å². The highest BCUT2D eigenvalue weighted by Crippen LogP contribution is 2.49. The Hall–Kier alpha value is -0.0800. The highest BCUT2D eigenvalue weighted by molar-refractivity contribution is 4.90. The molecule has 0 spiro atoms. The van der Waals surface area contributed by atoms with Gasteiger partial charge in [-0.1, -0.05) is 33.6 Å². The number of ether oxygens (including phenoxy) is 2. The van der Waals surface area contributed by atoms with Crippen LogP contribution in [0.25, 0.3) is 0 Å². The van der Waals surface area contributed by atoms with E-state index in [-0.39, 0.29) is 0 Å². The maximum Gasteiger partial charge on any atom is 0.0813 e. The first-order valence-electron chi connectivity index (χ1n) is 7.39. The summed E-state index contributed by atoms with van der Waals surface area (Å²) in [6.45, 7) is 9.35. The van der Waals surface area contributed by atoms with Gasteiger partial charge in [0.25, 0.3) is 0 Å². The summed E-state index contributed by atoms with van der Waals surface area (Å²) in [4.78, 5) is 0. The van der Waals surface area contributed by atoms with Crippen molar-refractivity contribution < 1.29 is 9.47 Å². The molecule has 102 valence electrons. The van der Waals surface area contributed by atoms with Gasteiger partial charge < -0.3 is 9.47 Å². The van der Waals surface area contributed by atoms with Gasteiger partial charge in [0.15, 0.2) is 0 Å². The molecule has 0 bridgehead atoms. The standard InChI is InChI=1S/C15H30O2/c1-4-6-10-16-13-14(17-11-7-5-2)12-15(3)8-9-15/h14H,4-13H2,1-3H3. The van der Waals surface area contributed by atoms with E-state index in [2.05, 4.69) is 20.8 Å². The Morgan fingerprint density at radius 1 is 1.06 bits per heavy atom. The monoisotopic (exact) mass is 242 g/mol. The summed E-state index contributed by atoms with van der Waals surface area (Å²) < 4.78 is 11.7. The molecule has 0 saturated heterocycles. The van der Waals surface area contributed by atoms with Gasteiger partial charge in [-0.15, -0.1) is 0 Å². The SMILES string of the molecule is CCCCOCC(CC1(C)CC1)OCCCC. The highest BCUT2D eigenvalue weighted by atomic mass is 16.5. The zero-order valence-corrected chi connectivity index (χ0v) is 12.0. The predicted molar refractivity (Wildman–Crippen MR) is 72.3 cm³/mol. The molecule has 1 atom stereocenters. The van der Waals surface area contributed by atoms with Crippen molar-refractivity contribution in [3.8, 4) is 0 Å². The van der Waals surface area contributed by atoms with Gasteiger partial charge in [-0.05, 0) is 37.5 Å². The number of rotatable bonds is 11. The molecule has 0 radical (unpaired) electrons. The molecule has 17 heavy (non-hydrogen) atoms. The van der Waals surface area contributed by atoms with Crippen LogP contribution in [0.2, 0.25) is 0 Å². The lowest BCUT2D eigenvalue weighted by Crippen LogP contribution is -2.24. The lowest BCUT2D eigenvalue weighted by molar-refractivity contribution is -0.0302. The van der Waals surface area contributed by atoms with E-state index >= 15 is 0 Å². The van der Waals surface area contributed by atoms with E-state index in [1.54, 1.807) is 0 Å². The molecule has 0 amide bonds. The summed E-state index contributed by atoms with van der Waals surface area (Å²) in [5.74, 6) is 0. The summed E-state index contributed by atoms with van der Waals surface area (Å²) in [5, 5.41) is 0. The van der Waals surface area contributed by atoms with E-state index in [9.17, 15) is 0 Å². The number of hydrogen-bond acceptors (Lipinski definition) is 2. The zero-order valence-electron chi connectivity index (χ0n) is 12.0. The largest absolute Gasteiger partial charge is 0.379 e. The van der Waals surface area contributed by atoms with Gasteiger partial charge in [-0.3, -0.25) is 0 Å². The van der Waals surface area contributed by atoms with Crippen molar-refractivity contribution in [2.24, 2.45) is 5.41 Å². The molecule has 0 heterocycles. The molecule has 1 unspecified atom stereocenters. The van der Waals surface area contributed by atoms with Crippen molar-refractivity contribution in [3.63, 3.8) is 0 Å². The average molecular weight is 242 g/mol. The topological polar surface area (TPSA) is 18.5 Å². The molecule has 2 nitrogen and oxygen atoms in total. The molecule has 0 aromatic rings. The Labute approximate surface area is 107 Å². The molecule has 1 saturated carbocycles. The maximum atomic E-state index is 5.95. The fourth-order valence-electron chi connectivity index (χ4n) is 1.99. The Balaban J connectivity index is 2.15. The van der Waals surface area contributed by atoms with Crippen LogP contribution in [0.5, 0.6) is 0 Å². The third-order valence-corrected chi connectivity index (χ3v) is 3.62. The molecule has 0 aliphatic heterocycles. The zero-order chi connectivity index (χ0) is 12.6. The van der Waals surface area contributed by atoms with Crippen LogP contribution in [-0.2, 0) is 9.47 Å². The lowest BCUT2D eigenvalue weighted by Gasteiger charge is -2.21. The van der Waals surface area contributed by atoms with E-state index in [1.165, 1.54) is 44.9 Å². The van der Waals surface area contributed by atoms with E-state index in [0.717, 1.165) is 19.8 Å². The number of unbranched alkanes of at least 4 members (excludes halogenated alkanes) is 2. The van der Waals surface area contributed by atoms with Crippen LogP contribution >= 0.6 is 0 Å². The lowest BCUT2D eigenvalue weighted by atomic mass is 10.0. The number of hydrogen-bond donors (Lipinski definition) is 0. The van der Waals surface area contributed by atoms with Crippen molar-refractivity contribution >= 4 is 0 Å². The average Bonchev–Trinajstić information content (AvgIpc) is 3.02. The molecular weight excluding hydrogens is 212 g/mol. The first-order valence-corrected chi connectivity index (χ1v) is 7.39. The van der Waals surface area contributed by atoms with E-state index in [4.69, 9.17) is 9.47 Å². The van der Waals surface area contributed by atoms with Crippen molar-refractivity contribution in [1.82, 2.24) is 0 Å². The predicted octanol–water partition coefficient (Wildman–Crippen LogP) is 4.18. The van der Waals surface area contributed by atoms with Gasteiger partial charge in [0.1, 0.15) is 0 Å². The molecule has 1 aliphatic rings. The van der Waals surface area contributed by atoms with Crippen LogP contribution in [-0.4, -0.2) is 25.9 Å². The normalized spacial score (nSPS) is 19.2. The van der Waals surface area contributed by atoms with Crippen LogP contribution in [0.15, 0.2) is 0 Å². The van der Waals surface area contributed by atoms with Crippen molar-refractivity contribution in [2.45, 2.75) is 71.8 Å². The molecule has 0 N–H and O–H groups in total. The Morgan fingerprint density at radius 3 is 2.29 bits per heavy atom. The van der Waals surface area contributed by atoms with Gasteiger partial charge in [-0.2, -0.15) is 0 Å². The summed E-state index contributed by atoms with van der Waals surface area (Å²) in [5.41, 5.74) is 0.561. The van der Waals surface area contributed by atoms with Crippen molar-refractivity contribution in [2.75, 3.05) is 19.8 Å². The van der Waals surface area contributed by atoms with Crippen molar-refractivity contribution in [1.29, 1.82) is 0 Å². The summed E-state index contributed by atoms with van der Waals surface area (Å²) in [7, 11) is 0. The molecule has 0 aromatic heterocycles. The minimum Gasteiger partial charge on any atom is -0.379 e. The molecule has 1 rings (SSSR count). The second-order valence-electron chi connectivity index (χ2n) is 5.79. The third kappa shape index (κ3) is 7.05. The summed E-state index contributed by atoms with van der Waals surface area (Å²) in [6.07, 6.45) is 9.00. The Kier molecular flexibility index (Phi) is 7.14.